The minimum absolute atomic E-state index is 0.0102. The van der Waals surface area contributed by atoms with Crippen molar-refractivity contribution in [1.82, 2.24) is 15.3 Å². The van der Waals surface area contributed by atoms with E-state index in [4.69, 9.17) is 10.00 Å². The van der Waals surface area contributed by atoms with Crippen LogP contribution < -0.4 is 16.0 Å². The molecule has 0 aromatic carbocycles. The maximum absolute atomic E-state index is 14.1. The molecular weight excluding hydrogens is 382 g/mol. The summed E-state index contributed by atoms with van der Waals surface area (Å²) in [6, 6.07) is 4.37. The van der Waals surface area contributed by atoms with Crippen LogP contribution in [-0.4, -0.2) is 48.4 Å². The molecule has 154 valence electrons. The average Bonchev–Trinajstić information content (AvgIpc) is 2.67. The number of hydrogen-bond acceptors (Lipinski definition) is 7. The molecule has 3 N–H and O–H groups in total. The number of nitrogens with one attached hydrogen (secondary N) is 3. The van der Waals surface area contributed by atoms with Gasteiger partial charge in [0.2, 0.25) is 0 Å². The first kappa shape index (κ1) is 22.0. The molecule has 0 unspecified atom stereocenters. The van der Waals surface area contributed by atoms with Crippen LogP contribution in [0.25, 0.3) is 0 Å². The summed E-state index contributed by atoms with van der Waals surface area (Å²) in [7, 11) is 1.38. The number of aromatic nitrogens is 2. The topological polar surface area (TPSA) is 112 Å². The number of halogens is 2. The third kappa shape index (κ3) is 6.36. The van der Waals surface area contributed by atoms with Gasteiger partial charge in [-0.05, 0) is 19.9 Å². The minimum atomic E-state index is -1.33. The van der Waals surface area contributed by atoms with Gasteiger partial charge in [0.1, 0.15) is 18.1 Å². The second-order valence-electron chi connectivity index (χ2n) is 6.47. The number of nitriles is 1. The Morgan fingerprint density at radius 1 is 1.31 bits per heavy atom. The minimum Gasteiger partial charge on any atom is -0.382 e. The van der Waals surface area contributed by atoms with Gasteiger partial charge in [0.25, 0.3) is 5.91 Å². The lowest BCUT2D eigenvalue weighted by Gasteiger charge is -2.16. The van der Waals surface area contributed by atoms with Crippen molar-refractivity contribution in [3.05, 3.63) is 41.5 Å². The fourth-order valence-corrected chi connectivity index (χ4v) is 2.39. The molecule has 0 radical (unpaired) electrons. The summed E-state index contributed by atoms with van der Waals surface area (Å²) in [6.07, 6.45) is 1.20. The molecule has 1 atom stereocenters. The van der Waals surface area contributed by atoms with E-state index in [9.17, 15) is 13.6 Å². The van der Waals surface area contributed by atoms with E-state index in [-0.39, 0.29) is 42.0 Å². The Morgan fingerprint density at radius 3 is 2.69 bits per heavy atom. The number of pyridine rings is 2. The molecule has 0 aliphatic rings. The standard InChI is InChI=1S/C19H22F2N6O2/c1-11(2)26-16-5-17(27-18-15(21)4-12(6-22)7-24-18)23-9-14(16)19(28)25-8-13(20)10-29-3/h4-5,7,9,11,13H,8,10H2,1-3H3,(H,25,28)(H2,23,24,26,27)/t13-/m1/s1. The summed E-state index contributed by atoms with van der Waals surface area (Å²) >= 11 is 0. The van der Waals surface area contributed by atoms with Gasteiger partial charge < -0.3 is 20.7 Å². The molecule has 0 fully saturated rings. The van der Waals surface area contributed by atoms with E-state index in [1.54, 1.807) is 6.07 Å². The number of rotatable bonds is 9. The first-order chi connectivity index (χ1) is 13.8. The number of nitrogens with zero attached hydrogens (tertiary/aromatic N) is 3. The number of alkyl halides is 1. The second kappa shape index (κ2) is 10.3. The van der Waals surface area contributed by atoms with Gasteiger partial charge in [-0.25, -0.2) is 18.7 Å². The maximum Gasteiger partial charge on any atom is 0.255 e. The molecule has 2 heterocycles. The number of carbonyl (C=O) groups is 1. The Bertz CT molecular complexity index is 901. The lowest BCUT2D eigenvalue weighted by atomic mass is 10.2. The molecule has 0 aliphatic heterocycles. The molecule has 8 nitrogen and oxygen atoms in total. The van der Waals surface area contributed by atoms with Crippen molar-refractivity contribution in [3.8, 4) is 6.07 Å². The highest BCUT2D eigenvalue weighted by Crippen LogP contribution is 2.23. The van der Waals surface area contributed by atoms with E-state index >= 15 is 0 Å². The van der Waals surface area contributed by atoms with Crippen LogP contribution in [0, 0.1) is 17.1 Å². The highest BCUT2D eigenvalue weighted by atomic mass is 19.1. The molecule has 1 amide bonds. The summed E-state index contributed by atoms with van der Waals surface area (Å²) in [5.74, 6) is -1.08. The number of carbonyl (C=O) groups excluding carboxylic acids is 1. The highest BCUT2D eigenvalue weighted by molar-refractivity contribution is 5.99. The van der Waals surface area contributed by atoms with Crippen LogP contribution in [0.15, 0.2) is 24.5 Å². The monoisotopic (exact) mass is 404 g/mol. The molecule has 0 saturated carbocycles. The molecule has 29 heavy (non-hydrogen) atoms. The molecule has 2 rings (SSSR count). The van der Waals surface area contributed by atoms with E-state index in [0.29, 0.717) is 5.69 Å². The zero-order valence-corrected chi connectivity index (χ0v) is 16.3. The third-order valence-electron chi connectivity index (χ3n) is 3.64. The van der Waals surface area contributed by atoms with E-state index in [1.165, 1.54) is 25.6 Å². The van der Waals surface area contributed by atoms with Gasteiger partial charge in [-0.15, -0.1) is 0 Å². The van der Waals surface area contributed by atoms with Gasteiger partial charge in [-0.2, -0.15) is 5.26 Å². The lowest BCUT2D eigenvalue weighted by Crippen LogP contribution is -2.33. The van der Waals surface area contributed by atoms with Crippen molar-refractivity contribution >= 4 is 23.2 Å². The van der Waals surface area contributed by atoms with Gasteiger partial charge in [0, 0.05) is 31.6 Å². The highest BCUT2D eigenvalue weighted by Gasteiger charge is 2.17. The molecular formula is C19H22F2N6O2. The second-order valence-corrected chi connectivity index (χ2v) is 6.47. The zero-order valence-electron chi connectivity index (χ0n) is 16.3. The van der Waals surface area contributed by atoms with Crippen LogP contribution >= 0.6 is 0 Å². The van der Waals surface area contributed by atoms with Crippen molar-refractivity contribution in [1.29, 1.82) is 5.26 Å². The number of ether oxygens (including phenoxy) is 1. The Kier molecular flexibility index (Phi) is 7.79. The first-order valence-corrected chi connectivity index (χ1v) is 8.84. The Balaban J connectivity index is 2.22. The van der Waals surface area contributed by atoms with Gasteiger partial charge in [-0.1, -0.05) is 0 Å². The molecule has 0 aliphatic carbocycles. The van der Waals surface area contributed by atoms with Gasteiger partial charge >= 0.3 is 0 Å². The first-order valence-electron chi connectivity index (χ1n) is 8.84. The molecule has 0 saturated heterocycles. The summed E-state index contributed by atoms with van der Waals surface area (Å²) < 4.78 is 32.3. The molecule has 2 aromatic rings. The summed E-state index contributed by atoms with van der Waals surface area (Å²) in [4.78, 5) is 20.4. The lowest BCUT2D eigenvalue weighted by molar-refractivity contribution is 0.0902. The molecule has 0 spiro atoms. The molecule has 10 heteroatoms. The van der Waals surface area contributed by atoms with Crippen LogP contribution in [-0.2, 0) is 4.74 Å². The smallest absolute Gasteiger partial charge is 0.255 e. The van der Waals surface area contributed by atoms with Crippen LogP contribution in [0.3, 0.4) is 0 Å². The van der Waals surface area contributed by atoms with Crippen LogP contribution in [0.2, 0.25) is 0 Å². The summed E-state index contributed by atoms with van der Waals surface area (Å²) in [6.45, 7) is 3.44. The predicted molar refractivity (Wildman–Crippen MR) is 104 cm³/mol. The Labute approximate surface area is 167 Å². The molecule has 0 bridgehead atoms. The largest absolute Gasteiger partial charge is 0.382 e. The quantitative estimate of drug-likeness (QED) is 0.589. The Morgan fingerprint density at radius 2 is 2.07 bits per heavy atom. The number of methoxy groups -OCH3 is 1. The normalized spacial score (nSPS) is 11.6. The van der Waals surface area contributed by atoms with Crippen molar-refractivity contribution in [2.75, 3.05) is 30.9 Å². The zero-order chi connectivity index (χ0) is 21.4. The number of hydrogen-bond donors (Lipinski definition) is 3. The maximum atomic E-state index is 14.1. The average molecular weight is 404 g/mol. The van der Waals surface area contributed by atoms with E-state index in [1.807, 2.05) is 13.8 Å². The Hall–Kier alpha value is -3.32. The van der Waals surface area contributed by atoms with Gasteiger partial charge in [0.15, 0.2) is 11.6 Å². The SMILES string of the molecule is COC[C@H](F)CNC(=O)c1cnc(Nc2ncc(C#N)cc2F)cc1NC(C)C. The third-order valence-corrected chi connectivity index (χ3v) is 3.64. The number of amides is 1. The van der Waals surface area contributed by atoms with Gasteiger partial charge in [0.05, 0.1) is 30.0 Å². The van der Waals surface area contributed by atoms with Crippen LogP contribution in [0.5, 0.6) is 0 Å². The predicted octanol–water partition coefficient (Wildman–Crippen LogP) is 2.77. The van der Waals surface area contributed by atoms with Crippen molar-refractivity contribution in [2.24, 2.45) is 0 Å². The number of anilines is 3. The van der Waals surface area contributed by atoms with E-state index in [2.05, 4.69) is 25.9 Å². The fourth-order valence-electron chi connectivity index (χ4n) is 2.39. The molecule has 2 aromatic heterocycles. The van der Waals surface area contributed by atoms with E-state index in [0.717, 1.165) is 6.07 Å². The van der Waals surface area contributed by atoms with Gasteiger partial charge in [-0.3, -0.25) is 4.79 Å². The fraction of sp³-hybridized carbons (Fsp3) is 0.368. The summed E-state index contributed by atoms with van der Waals surface area (Å²) in [5.41, 5.74) is 0.739. The van der Waals surface area contributed by atoms with Crippen molar-refractivity contribution < 1.29 is 18.3 Å². The van der Waals surface area contributed by atoms with Crippen LogP contribution in [0.4, 0.5) is 26.1 Å². The van der Waals surface area contributed by atoms with Crippen LogP contribution in [0.1, 0.15) is 29.8 Å². The summed E-state index contributed by atoms with van der Waals surface area (Å²) in [5, 5.41) is 17.1. The van der Waals surface area contributed by atoms with Crippen molar-refractivity contribution in [2.45, 2.75) is 26.1 Å². The van der Waals surface area contributed by atoms with Crippen molar-refractivity contribution in [3.63, 3.8) is 0 Å². The van der Waals surface area contributed by atoms with E-state index < -0.39 is 17.9 Å².